The van der Waals surface area contributed by atoms with Crippen molar-refractivity contribution in [3.8, 4) is 11.3 Å². The van der Waals surface area contributed by atoms with Gasteiger partial charge in [0.05, 0.1) is 5.69 Å². The van der Waals surface area contributed by atoms with Crippen LogP contribution in [0.4, 0.5) is 0 Å². The Morgan fingerprint density at radius 1 is 0.917 bits per heavy atom. The second kappa shape index (κ2) is 8.02. The van der Waals surface area contributed by atoms with E-state index in [-0.39, 0.29) is 0 Å². The van der Waals surface area contributed by atoms with Gasteiger partial charge >= 0.3 is 0 Å². The topological polar surface area (TPSA) is 25.8 Å². The molecule has 0 aliphatic carbocycles. The van der Waals surface area contributed by atoms with Gasteiger partial charge in [-0.1, -0.05) is 72.2 Å². The van der Waals surface area contributed by atoms with Crippen molar-refractivity contribution in [3.05, 3.63) is 75.8 Å². The number of nitrogens with zero attached hydrogens (tertiary/aromatic N) is 2. The van der Waals surface area contributed by atoms with Crippen molar-refractivity contribution in [2.75, 3.05) is 0 Å². The van der Waals surface area contributed by atoms with Crippen molar-refractivity contribution in [3.63, 3.8) is 0 Å². The van der Waals surface area contributed by atoms with E-state index in [1.165, 1.54) is 5.56 Å². The molecule has 0 N–H and O–H groups in total. The lowest BCUT2D eigenvalue weighted by molar-refractivity contribution is 0.935. The van der Waals surface area contributed by atoms with Crippen LogP contribution in [-0.2, 0) is 12.2 Å². The molecule has 3 aromatic rings. The van der Waals surface area contributed by atoms with Crippen LogP contribution in [0, 0.1) is 0 Å². The fraction of sp³-hybridized carbons (Fsp3) is 0.158. The Labute approximate surface area is 156 Å². The monoisotopic (exact) mass is 374 g/mol. The van der Waals surface area contributed by atoms with Crippen molar-refractivity contribution in [2.24, 2.45) is 0 Å². The Hall–Kier alpha value is -1.55. The highest BCUT2D eigenvalue weighted by Crippen LogP contribution is 2.28. The molecule has 1 heterocycles. The summed E-state index contributed by atoms with van der Waals surface area (Å²) in [6.45, 7) is 2.15. The highest BCUT2D eigenvalue weighted by Gasteiger charge is 2.05. The maximum Gasteiger partial charge on any atom is 0.119 e. The Kier molecular flexibility index (Phi) is 5.77. The van der Waals surface area contributed by atoms with Gasteiger partial charge in [-0.15, -0.1) is 10.2 Å². The first-order valence-corrected chi connectivity index (χ1v) is 9.39. The molecule has 0 saturated carbocycles. The van der Waals surface area contributed by atoms with Crippen molar-refractivity contribution in [1.82, 2.24) is 10.2 Å². The number of rotatable bonds is 5. The van der Waals surface area contributed by atoms with Crippen LogP contribution in [0.15, 0.2) is 59.6 Å². The Bertz CT molecular complexity index is 818. The molecule has 3 rings (SSSR count). The van der Waals surface area contributed by atoms with Crippen LogP contribution in [-0.4, -0.2) is 10.2 Å². The van der Waals surface area contributed by atoms with Gasteiger partial charge < -0.3 is 0 Å². The van der Waals surface area contributed by atoms with Gasteiger partial charge in [-0.25, -0.2) is 0 Å². The van der Waals surface area contributed by atoms with E-state index in [2.05, 4.69) is 41.4 Å². The third-order valence-corrected chi connectivity index (χ3v) is 5.24. The summed E-state index contributed by atoms with van der Waals surface area (Å²) >= 11 is 13.7. The molecule has 0 saturated heterocycles. The molecule has 0 spiro atoms. The zero-order valence-corrected chi connectivity index (χ0v) is 15.5. The van der Waals surface area contributed by atoms with Crippen LogP contribution in [0.2, 0.25) is 10.0 Å². The zero-order chi connectivity index (χ0) is 16.9. The van der Waals surface area contributed by atoms with Crippen LogP contribution in [0.5, 0.6) is 0 Å². The fourth-order valence-electron chi connectivity index (χ4n) is 2.25. The predicted molar refractivity (Wildman–Crippen MR) is 103 cm³/mol. The largest absolute Gasteiger partial charge is 0.149 e. The number of hydrogen-bond donors (Lipinski definition) is 0. The van der Waals surface area contributed by atoms with Gasteiger partial charge in [0.15, 0.2) is 0 Å². The second-order valence-corrected chi connectivity index (χ2v) is 7.17. The number of aromatic nitrogens is 2. The first kappa shape index (κ1) is 17.3. The molecule has 0 bridgehead atoms. The lowest BCUT2D eigenvalue weighted by Gasteiger charge is -2.05. The molecule has 24 heavy (non-hydrogen) atoms. The van der Waals surface area contributed by atoms with Crippen LogP contribution in [0.25, 0.3) is 11.3 Å². The van der Waals surface area contributed by atoms with E-state index in [1.807, 2.05) is 24.3 Å². The van der Waals surface area contributed by atoms with E-state index in [0.29, 0.717) is 10.0 Å². The quantitative estimate of drug-likeness (QED) is 0.489. The Morgan fingerprint density at radius 2 is 1.71 bits per heavy atom. The first-order chi connectivity index (χ1) is 11.7. The number of thioether (sulfide) groups is 1. The standard InChI is InChI=1S/C19H16Cl2N2S/c1-2-13-3-5-14(6-4-13)18-9-10-19(23-22-18)24-12-15-7-8-16(20)11-17(15)21/h3-11H,2,12H2,1H3. The van der Waals surface area contributed by atoms with Crippen LogP contribution >= 0.6 is 35.0 Å². The van der Waals surface area contributed by atoms with E-state index in [4.69, 9.17) is 23.2 Å². The van der Waals surface area contributed by atoms with Crippen molar-refractivity contribution in [1.29, 1.82) is 0 Å². The number of aryl methyl sites for hydroxylation is 1. The molecule has 122 valence electrons. The summed E-state index contributed by atoms with van der Waals surface area (Å²) in [4.78, 5) is 0. The molecule has 0 aliphatic rings. The maximum atomic E-state index is 6.19. The second-order valence-electron chi connectivity index (χ2n) is 5.33. The summed E-state index contributed by atoms with van der Waals surface area (Å²) in [6, 6.07) is 18.0. The van der Waals surface area contributed by atoms with Gasteiger partial charge in [-0.05, 0) is 41.8 Å². The first-order valence-electron chi connectivity index (χ1n) is 7.65. The summed E-state index contributed by atoms with van der Waals surface area (Å²) < 4.78 is 0. The molecule has 0 fully saturated rings. The molecule has 5 heteroatoms. The highest BCUT2D eigenvalue weighted by molar-refractivity contribution is 7.98. The van der Waals surface area contributed by atoms with E-state index in [0.717, 1.165) is 34.0 Å². The van der Waals surface area contributed by atoms with Gasteiger partial charge in [-0.3, -0.25) is 0 Å². The molecule has 0 atom stereocenters. The lowest BCUT2D eigenvalue weighted by Crippen LogP contribution is -1.91. The minimum Gasteiger partial charge on any atom is -0.149 e. The van der Waals surface area contributed by atoms with Crippen LogP contribution in [0.1, 0.15) is 18.1 Å². The molecule has 2 nitrogen and oxygen atoms in total. The summed E-state index contributed by atoms with van der Waals surface area (Å²) in [5.41, 5.74) is 4.31. The molecule has 0 aliphatic heterocycles. The summed E-state index contributed by atoms with van der Waals surface area (Å²) in [5.74, 6) is 0.731. The van der Waals surface area contributed by atoms with E-state index < -0.39 is 0 Å². The number of hydrogen-bond acceptors (Lipinski definition) is 3. The molecule has 0 radical (unpaired) electrons. The molecule has 0 amide bonds. The van der Waals surface area contributed by atoms with Crippen LogP contribution < -0.4 is 0 Å². The lowest BCUT2D eigenvalue weighted by atomic mass is 10.1. The van der Waals surface area contributed by atoms with Crippen LogP contribution in [0.3, 0.4) is 0 Å². The minimum atomic E-state index is 0.645. The third-order valence-electron chi connectivity index (χ3n) is 3.69. The molecular weight excluding hydrogens is 359 g/mol. The Morgan fingerprint density at radius 3 is 2.33 bits per heavy atom. The van der Waals surface area contributed by atoms with Gasteiger partial charge in [0.2, 0.25) is 0 Å². The third kappa shape index (κ3) is 4.29. The maximum absolute atomic E-state index is 6.19. The van der Waals surface area contributed by atoms with E-state index in [1.54, 1.807) is 17.8 Å². The van der Waals surface area contributed by atoms with Gasteiger partial charge in [0, 0.05) is 21.4 Å². The van der Waals surface area contributed by atoms with Gasteiger partial charge in [0.25, 0.3) is 0 Å². The average molecular weight is 375 g/mol. The molecular formula is C19H16Cl2N2S. The SMILES string of the molecule is CCc1ccc(-c2ccc(SCc3ccc(Cl)cc3Cl)nn2)cc1. The van der Waals surface area contributed by atoms with E-state index >= 15 is 0 Å². The summed E-state index contributed by atoms with van der Waals surface area (Å²) in [5, 5.41) is 10.8. The minimum absolute atomic E-state index is 0.645. The smallest absolute Gasteiger partial charge is 0.119 e. The number of benzene rings is 2. The fourth-order valence-corrected chi connectivity index (χ4v) is 3.63. The molecule has 1 aromatic heterocycles. The summed E-state index contributed by atoms with van der Waals surface area (Å²) in [6.07, 6.45) is 1.04. The normalized spacial score (nSPS) is 10.8. The predicted octanol–water partition coefficient (Wildman–Crippen LogP) is 6.31. The van der Waals surface area contributed by atoms with E-state index in [9.17, 15) is 0 Å². The molecule has 2 aromatic carbocycles. The van der Waals surface area contributed by atoms with Crippen molar-refractivity contribution in [2.45, 2.75) is 24.1 Å². The Balaban J connectivity index is 1.67. The van der Waals surface area contributed by atoms with Crippen molar-refractivity contribution >= 4 is 35.0 Å². The average Bonchev–Trinajstić information content (AvgIpc) is 2.62. The summed E-state index contributed by atoms with van der Waals surface area (Å²) in [7, 11) is 0. The molecule has 0 unspecified atom stereocenters. The van der Waals surface area contributed by atoms with Gasteiger partial charge in [0.1, 0.15) is 5.03 Å². The van der Waals surface area contributed by atoms with Crippen molar-refractivity contribution < 1.29 is 0 Å². The van der Waals surface area contributed by atoms with Gasteiger partial charge in [-0.2, -0.15) is 0 Å². The zero-order valence-electron chi connectivity index (χ0n) is 13.2. The highest BCUT2D eigenvalue weighted by atomic mass is 35.5. The number of halogens is 2.